The van der Waals surface area contributed by atoms with Gasteiger partial charge < -0.3 is 10.1 Å². The number of amides is 1. The number of benzene rings is 2. The number of rotatable bonds is 6. The van der Waals surface area contributed by atoms with Gasteiger partial charge in [-0.05, 0) is 69.2 Å². The number of carbonyl (C=O) groups is 1. The molecule has 1 saturated heterocycles. The third kappa shape index (κ3) is 5.29. The van der Waals surface area contributed by atoms with E-state index in [1.165, 1.54) is 22.5 Å². The molecule has 2 aromatic rings. The van der Waals surface area contributed by atoms with E-state index in [4.69, 9.17) is 16.3 Å². The van der Waals surface area contributed by atoms with Crippen molar-refractivity contribution in [3.63, 3.8) is 0 Å². The molecular formula is C21H25ClN2O4S. The van der Waals surface area contributed by atoms with Crippen LogP contribution in [0.5, 0.6) is 5.75 Å². The molecule has 0 aromatic heterocycles. The molecule has 1 fully saturated rings. The van der Waals surface area contributed by atoms with Gasteiger partial charge in [0.15, 0.2) is 0 Å². The van der Waals surface area contributed by atoms with Gasteiger partial charge in [0.05, 0.1) is 11.1 Å². The maximum atomic E-state index is 13.0. The molecule has 0 spiro atoms. The second-order valence-corrected chi connectivity index (χ2v) is 9.57. The van der Waals surface area contributed by atoms with Crippen LogP contribution in [0.2, 0.25) is 5.02 Å². The van der Waals surface area contributed by atoms with Crippen LogP contribution in [0.25, 0.3) is 0 Å². The molecule has 1 amide bonds. The number of sulfonamides is 1. The van der Waals surface area contributed by atoms with Crippen molar-refractivity contribution in [1.82, 2.24) is 4.31 Å². The van der Waals surface area contributed by atoms with E-state index in [1.807, 2.05) is 13.8 Å². The van der Waals surface area contributed by atoms with Gasteiger partial charge in [-0.2, -0.15) is 4.31 Å². The lowest BCUT2D eigenvalue weighted by Crippen LogP contribution is -2.35. The van der Waals surface area contributed by atoms with Gasteiger partial charge in [-0.3, -0.25) is 4.79 Å². The fourth-order valence-electron chi connectivity index (χ4n) is 3.18. The van der Waals surface area contributed by atoms with Crippen molar-refractivity contribution in [3.05, 3.63) is 53.1 Å². The van der Waals surface area contributed by atoms with E-state index < -0.39 is 15.9 Å². The standard InChI is InChI=1S/C21H25ClN2O4S/c1-15(2)28-18-9-7-17(8-10-18)23-21(25)16-6-11-19(22)20(14-16)29(26,27)24-12-4-3-5-13-24/h6-11,14-15H,3-5,12-13H2,1-2H3,(H,23,25). The zero-order valence-electron chi connectivity index (χ0n) is 16.5. The Balaban J connectivity index is 1.79. The highest BCUT2D eigenvalue weighted by Crippen LogP contribution is 2.28. The normalized spacial score (nSPS) is 15.3. The maximum Gasteiger partial charge on any atom is 0.255 e. The molecule has 1 N–H and O–H groups in total. The summed E-state index contributed by atoms with van der Waals surface area (Å²) in [6.45, 7) is 4.82. The van der Waals surface area contributed by atoms with Crippen molar-refractivity contribution in [2.24, 2.45) is 0 Å². The van der Waals surface area contributed by atoms with Gasteiger partial charge in [-0.1, -0.05) is 18.0 Å². The Kier molecular flexibility index (Phi) is 6.82. The van der Waals surface area contributed by atoms with Gasteiger partial charge in [0.25, 0.3) is 5.91 Å². The minimum Gasteiger partial charge on any atom is -0.491 e. The first kappa shape index (κ1) is 21.6. The van der Waals surface area contributed by atoms with Crippen LogP contribution in [-0.2, 0) is 10.0 Å². The number of hydrogen-bond donors (Lipinski definition) is 1. The summed E-state index contributed by atoms with van der Waals surface area (Å²) >= 11 is 6.17. The third-order valence-corrected chi connectivity index (χ3v) is 6.99. The van der Waals surface area contributed by atoms with Crippen LogP contribution in [0.15, 0.2) is 47.4 Å². The molecule has 0 bridgehead atoms. The molecule has 6 nitrogen and oxygen atoms in total. The Bertz CT molecular complexity index is 969. The molecule has 0 radical (unpaired) electrons. The Morgan fingerprint density at radius 3 is 2.34 bits per heavy atom. The van der Waals surface area contributed by atoms with Crippen LogP contribution in [0.1, 0.15) is 43.5 Å². The number of nitrogens with one attached hydrogen (secondary N) is 1. The minimum atomic E-state index is -3.73. The molecule has 0 aliphatic carbocycles. The molecule has 8 heteroatoms. The quantitative estimate of drug-likeness (QED) is 0.720. The first-order valence-electron chi connectivity index (χ1n) is 9.65. The van der Waals surface area contributed by atoms with E-state index in [1.54, 1.807) is 24.3 Å². The molecule has 0 atom stereocenters. The first-order valence-corrected chi connectivity index (χ1v) is 11.5. The fourth-order valence-corrected chi connectivity index (χ4v) is 5.20. The lowest BCUT2D eigenvalue weighted by molar-refractivity contribution is 0.102. The smallest absolute Gasteiger partial charge is 0.255 e. The topological polar surface area (TPSA) is 75.7 Å². The molecule has 1 heterocycles. The van der Waals surface area contributed by atoms with E-state index in [2.05, 4.69) is 5.32 Å². The number of carbonyl (C=O) groups excluding carboxylic acids is 1. The molecule has 0 saturated carbocycles. The van der Waals surface area contributed by atoms with Crippen molar-refractivity contribution >= 4 is 33.2 Å². The number of ether oxygens (including phenoxy) is 1. The van der Waals surface area contributed by atoms with Gasteiger partial charge in [0.2, 0.25) is 10.0 Å². The summed E-state index contributed by atoms with van der Waals surface area (Å²) < 4.78 is 32.9. The first-order chi connectivity index (χ1) is 13.8. The van der Waals surface area contributed by atoms with Crippen molar-refractivity contribution < 1.29 is 17.9 Å². The Morgan fingerprint density at radius 1 is 1.07 bits per heavy atom. The van der Waals surface area contributed by atoms with E-state index in [-0.39, 0.29) is 21.6 Å². The minimum absolute atomic E-state index is 0.0330. The van der Waals surface area contributed by atoms with E-state index in [0.29, 0.717) is 24.5 Å². The molecule has 3 rings (SSSR count). The van der Waals surface area contributed by atoms with E-state index in [0.717, 1.165) is 19.3 Å². The molecular weight excluding hydrogens is 412 g/mol. The number of anilines is 1. The number of halogens is 1. The highest BCUT2D eigenvalue weighted by atomic mass is 35.5. The largest absolute Gasteiger partial charge is 0.491 e. The Morgan fingerprint density at radius 2 is 1.72 bits per heavy atom. The molecule has 2 aromatic carbocycles. The number of hydrogen-bond acceptors (Lipinski definition) is 4. The number of nitrogens with zero attached hydrogens (tertiary/aromatic N) is 1. The second-order valence-electron chi connectivity index (χ2n) is 7.26. The summed E-state index contributed by atoms with van der Waals surface area (Å²) in [5.74, 6) is 0.300. The van der Waals surface area contributed by atoms with E-state index in [9.17, 15) is 13.2 Å². The zero-order valence-corrected chi connectivity index (χ0v) is 18.1. The van der Waals surface area contributed by atoms with Crippen LogP contribution in [0.4, 0.5) is 5.69 Å². The molecule has 1 aliphatic heterocycles. The summed E-state index contributed by atoms with van der Waals surface area (Å²) in [6, 6.07) is 11.3. The van der Waals surface area contributed by atoms with Crippen LogP contribution in [-0.4, -0.2) is 37.8 Å². The van der Waals surface area contributed by atoms with Crippen molar-refractivity contribution in [1.29, 1.82) is 0 Å². The lowest BCUT2D eigenvalue weighted by atomic mass is 10.2. The number of piperidine rings is 1. The maximum absolute atomic E-state index is 13.0. The lowest BCUT2D eigenvalue weighted by Gasteiger charge is -2.26. The monoisotopic (exact) mass is 436 g/mol. The molecule has 0 unspecified atom stereocenters. The van der Waals surface area contributed by atoms with Crippen molar-refractivity contribution in [2.75, 3.05) is 18.4 Å². The van der Waals surface area contributed by atoms with Crippen LogP contribution in [0.3, 0.4) is 0 Å². The van der Waals surface area contributed by atoms with Gasteiger partial charge in [0, 0.05) is 24.3 Å². The predicted octanol–water partition coefficient (Wildman–Crippen LogP) is 4.55. The summed E-state index contributed by atoms with van der Waals surface area (Å²) in [5, 5.41) is 2.88. The van der Waals surface area contributed by atoms with Crippen LogP contribution >= 0.6 is 11.6 Å². The van der Waals surface area contributed by atoms with E-state index >= 15 is 0 Å². The Hall–Kier alpha value is -2.09. The zero-order chi connectivity index (χ0) is 21.0. The summed E-state index contributed by atoms with van der Waals surface area (Å²) in [6.07, 6.45) is 2.73. The predicted molar refractivity (Wildman–Crippen MR) is 114 cm³/mol. The summed E-state index contributed by atoms with van der Waals surface area (Å²) in [7, 11) is -3.73. The van der Waals surface area contributed by atoms with Crippen molar-refractivity contribution in [3.8, 4) is 5.75 Å². The van der Waals surface area contributed by atoms with Crippen LogP contribution < -0.4 is 10.1 Å². The second kappa shape index (κ2) is 9.15. The molecule has 156 valence electrons. The highest BCUT2D eigenvalue weighted by molar-refractivity contribution is 7.89. The highest BCUT2D eigenvalue weighted by Gasteiger charge is 2.28. The average molecular weight is 437 g/mol. The van der Waals surface area contributed by atoms with Gasteiger partial charge in [-0.25, -0.2) is 8.42 Å². The SMILES string of the molecule is CC(C)Oc1ccc(NC(=O)c2ccc(Cl)c(S(=O)(=O)N3CCCCC3)c2)cc1. The molecule has 1 aliphatic rings. The van der Waals surface area contributed by atoms with Gasteiger partial charge in [-0.15, -0.1) is 0 Å². The summed E-state index contributed by atoms with van der Waals surface area (Å²) in [4.78, 5) is 12.6. The summed E-state index contributed by atoms with van der Waals surface area (Å²) in [5.41, 5.74) is 0.814. The third-order valence-electron chi connectivity index (χ3n) is 4.61. The fraction of sp³-hybridized carbons (Fsp3) is 0.381. The average Bonchev–Trinajstić information content (AvgIpc) is 2.70. The Labute approximate surface area is 176 Å². The van der Waals surface area contributed by atoms with Crippen LogP contribution in [0, 0.1) is 0 Å². The van der Waals surface area contributed by atoms with Gasteiger partial charge >= 0.3 is 0 Å². The van der Waals surface area contributed by atoms with Crippen molar-refractivity contribution in [2.45, 2.75) is 44.1 Å². The van der Waals surface area contributed by atoms with Gasteiger partial charge in [0.1, 0.15) is 10.6 Å². The molecule has 29 heavy (non-hydrogen) atoms.